The lowest BCUT2D eigenvalue weighted by atomic mass is 9.81. The normalized spacial score (nSPS) is 24.1. The first-order valence-corrected chi connectivity index (χ1v) is 6.99. The number of aromatic nitrogens is 1. The lowest BCUT2D eigenvalue weighted by Crippen LogP contribution is -2.54. The predicted molar refractivity (Wildman–Crippen MR) is 79.4 cm³/mol. The average Bonchev–Trinajstić information content (AvgIpc) is 2.44. The molecule has 0 fully saturated rings. The van der Waals surface area contributed by atoms with Gasteiger partial charge in [0.1, 0.15) is 5.54 Å². The van der Waals surface area contributed by atoms with E-state index >= 15 is 0 Å². The van der Waals surface area contributed by atoms with Crippen LogP contribution in [0.3, 0.4) is 0 Å². The molecule has 1 aromatic heterocycles. The molecule has 2 rings (SSSR count). The minimum atomic E-state index is -1.15. The Morgan fingerprint density at radius 1 is 1.57 bits per heavy atom. The van der Waals surface area contributed by atoms with Gasteiger partial charge in [-0.3, -0.25) is 20.1 Å². The Morgan fingerprint density at radius 3 is 3.00 bits per heavy atom. The van der Waals surface area contributed by atoms with E-state index in [1.807, 2.05) is 13.8 Å². The Labute approximate surface area is 123 Å². The van der Waals surface area contributed by atoms with Crippen molar-refractivity contribution in [3.8, 4) is 0 Å². The highest BCUT2D eigenvalue weighted by molar-refractivity contribution is 5.74. The zero-order valence-corrected chi connectivity index (χ0v) is 12.2. The highest BCUT2D eigenvalue weighted by Gasteiger charge is 2.48. The molecule has 7 heteroatoms. The predicted octanol–water partition coefficient (Wildman–Crippen LogP) is 1.80. The van der Waals surface area contributed by atoms with Gasteiger partial charge in [-0.2, -0.15) is 0 Å². The Kier molecular flexibility index (Phi) is 4.64. The summed E-state index contributed by atoms with van der Waals surface area (Å²) >= 11 is 0. The van der Waals surface area contributed by atoms with E-state index in [4.69, 9.17) is 10.5 Å². The summed E-state index contributed by atoms with van der Waals surface area (Å²) in [4.78, 5) is 19.2. The van der Waals surface area contributed by atoms with E-state index in [0.717, 1.165) is 0 Å². The fourth-order valence-corrected chi connectivity index (χ4v) is 2.48. The number of hydrogen-bond acceptors (Lipinski definition) is 6. The summed E-state index contributed by atoms with van der Waals surface area (Å²) in [6.45, 7) is 4.41. The van der Waals surface area contributed by atoms with Gasteiger partial charge in [0.2, 0.25) is 0 Å². The van der Waals surface area contributed by atoms with Crippen LogP contribution in [0.4, 0.5) is 5.69 Å². The largest absolute Gasteiger partial charge is 0.379 e. The first-order valence-electron chi connectivity index (χ1n) is 6.99. The Balaban J connectivity index is 2.22. The summed E-state index contributed by atoms with van der Waals surface area (Å²) in [6.07, 6.45) is 4.07. The van der Waals surface area contributed by atoms with Gasteiger partial charge < -0.3 is 10.5 Å². The molecule has 2 N–H and O–H groups in total. The Bertz CT molecular complexity index is 547. The molecule has 1 aliphatic rings. The van der Waals surface area contributed by atoms with Gasteiger partial charge in [0.25, 0.3) is 6.04 Å². The smallest absolute Gasteiger partial charge is 0.271 e. The lowest BCUT2D eigenvalue weighted by molar-refractivity contribution is -0.514. The lowest BCUT2D eigenvalue weighted by Gasteiger charge is -2.32. The fourth-order valence-electron chi connectivity index (χ4n) is 2.48. The molecule has 0 saturated heterocycles. The van der Waals surface area contributed by atoms with E-state index in [-0.39, 0.29) is 6.10 Å². The molecule has 1 aromatic rings. The van der Waals surface area contributed by atoms with Gasteiger partial charge in [0.15, 0.2) is 0 Å². The van der Waals surface area contributed by atoms with E-state index in [9.17, 15) is 10.1 Å². The van der Waals surface area contributed by atoms with Crippen LogP contribution in [0.25, 0.3) is 0 Å². The molecule has 114 valence electrons. The fraction of sp³-hybridized carbons (Fsp3) is 0.571. The van der Waals surface area contributed by atoms with Crippen LogP contribution in [0.15, 0.2) is 23.3 Å². The summed E-state index contributed by atoms with van der Waals surface area (Å²) in [7, 11) is 0. The van der Waals surface area contributed by atoms with Crippen LogP contribution in [0.5, 0.6) is 0 Å². The second-order valence-electron chi connectivity index (χ2n) is 5.44. The number of ether oxygens (including phenoxy) is 1. The van der Waals surface area contributed by atoms with Crippen molar-refractivity contribution in [2.45, 2.75) is 44.4 Å². The van der Waals surface area contributed by atoms with Crippen molar-refractivity contribution >= 4 is 11.9 Å². The van der Waals surface area contributed by atoms with Crippen LogP contribution in [-0.4, -0.2) is 34.9 Å². The summed E-state index contributed by atoms with van der Waals surface area (Å²) in [5.41, 5.74) is 6.32. The molecule has 0 radical (unpaired) electrons. The van der Waals surface area contributed by atoms with Crippen molar-refractivity contribution in [2.75, 3.05) is 6.61 Å². The molecule has 2 unspecified atom stereocenters. The van der Waals surface area contributed by atoms with E-state index < -0.39 is 16.5 Å². The molecule has 0 spiro atoms. The highest BCUT2D eigenvalue weighted by Crippen LogP contribution is 2.36. The standard InChI is InChI=1S/C14H20N4O3/c1-10(2)21-8-4-6-14(15)12(18(19)20)9-17-11-5-3-7-16-13(11)14/h3,5,7,9-10,12H,4,6,8,15H2,1-2H3. The zero-order valence-electron chi connectivity index (χ0n) is 12.2. The number of nitro groups is 1. The van der Waals surface area contributed by atoms with Crippen LogP contribution >= 0.6 is 0 Å². The summed E-state index contributed by atoms with van der Waals surface area (Å²) in [5, 5.41) is 11.3. The van der Waals surface area contributed by atoms with Crippen molar-refractivity contribution in [1.82, 2.24) is 4.98 Å². The monoisotopic (exact) mass is 292 g/mol. The van der Waals surface area contributed by atoms with Gasteiger partial charge in [0.05, 0.1) is 23.7 Å². The van der Waals surface area contributed by atoms with Gasteiger partial charge in [-0.25, -0.2) is 0 Å². The molecular formula is C14H20N4O3. The molecule has 1 aliphatic heterocycles. The quantitative estimate of drug-likeness (QED) is 0.489. The zero-order chi connectivity index (χ0) is 15.5. The maximum absolute atomic E-state index is 11.3. The first-order chi connectivity index (χ1) is 9.95. The SMILES string of the molecule is CC(C)OCCCC1(N)c2ncccc2N=CC1[N+](=O)[O-]. The number of rotatable bonds is 6. The van der Waals surface area contributed by atoms with Crippen LogP contribution in [0.2, 0.25) is 0 Å². The molecule has 0 aliphatic carbocycles. The summed E-state index contributed by atoms with van der Waals surface area (Å²) < 4.78 is 5.48. The molecule has 7 nitrogen and oxygen atoms in total. The second-order valence-corrected chi connectivity index (χ2v) is 5.44. The van der Waals surface area contributed by atoms with Crippen molar-refractivity contribution in [3.63, 3.8) is 0 Å². The number of fused-ring (bicyclic) bond motifs is 1. The topological polar surface area (TPSA) is 104 Å². The minimum absolute atomic E-state index is 0.128. The third-order valence-corrected chi connectivity index (χ3v) is 3.52. The summed E-state index contributed by atoms with van der Waals surface area (Å²) in [6, 6.07) is 2.44. The third kappa shape index (κ3) is 3.25. The number of nitrogens with two attached hydrogens (primary N) is 1. The van der Waals surface area contributed by atoms with Crippen LogP contribution in [-0.2, 0) is 10.3 Å². The Morgan fingerprint density at radius 2 is 2.33 bits per heavy atom. The average molecular weight is 292 g/mol. The van der Waals surface area contributed by atoms with E-state index in [1.165, 1.54) is 6.21 Å². The maximum atomic E-state index is 11.3. The number of hydrogen-bond donors (Lipinski definition) is 1. The number of nitrogens with zero attached hydrogens (tertiary/aromatic N) is 3. The van der Waals surface area contributed by atoms with E-state index in [0.29, 0.717) is 30.8 Å². The minimum Gasteiger partial charge on any atom is -0.379 e. The molecule has 0 bridgehead atoms. The molecule has 2 atom stereocenters. The van der Waals surface area contributed by atoms with Gasteiger partial charge in [-0.05, 0) is 38.8 Å². The van der Waals surface area contributed by atoms with Crippen molar-refractivity contribution in [1.29, 1.82) is 0 Å². The first kappa shape index (κ1) is 15.5. The van der Waals surface area contributed by atoms with Crippen molar-refractivity contribution in [3.05, 3.63) is 34.1 Å². The molecule has 2 heterocycles. The van der Waals surface area contributed by atoms with E-state index in [1.54, 1.807) is 18.3 Å². The van der Waals surface area contributed by atoms with Gasteiger partial charge in [0, 0.05) is 17.7 Å². The highest BCUT2D eigenvalue weighted by atomic mass is 16.6. The van der Waals surface area contributed by atoms with Gasteiger partial charge in [-0.15, -0.1) is 0 Å². The molecular weight excluding hydrogens is 272 g/mol. The Hall–Kier alpha value is -1.86. The van der Waals surface area contributed by atoms with Gasteiger partial charge in [-0.1, -0.05) is 0 Å². The van der Waals surface area contributed by atoms with Crippen LogP contribution in [0.1, 0.15) is 32.4 Å². The number of aliphatic imine (C=N–C) groups is 1. The van der Waals surface area contributed by atoms with Crippen LogP contribution in [0, 0.1) is 10.1 Å². The molecule has 0 amide bonds. The van der Waals surface area contributed by atoms with Crippen molar-refractivity contribution < 1.29 is 9.66 Å². The maximum Gasteiger partial charge on any atom is 0.271 e. The molecule has 0 aromatic carbocycles. The number of pyridine rings is 1. The van der Waals surface area contributed by atoms with Gasteiger partial charge >= 0.3 is 0 Å². The van der Waals surface area contributed by atoms with E-state index in [2.05, 4.69) is 9.98 Å². The molecule has 0 saturated carbocycles. The second kappa shape index (κ2) is 6.28. The third-order valence-electron chi connectivity index (χ3n) is 3.52. The van der Waals surface area contributed by atoms with Crippen molar-refractivity contribution in [2.24, 2.45) is 10.7 Å². The summed E-state index contributed by atoms with van der Waals surface area (Å²) in [5.74, 6) is 0. The molecule has 21 heavy (non-hydrogen) atoms. The van der Waals surface area contributed by atoms with Crippen LogP contribution < -0.4 is 5.73 Å².